The standard InChI is InChI=1S/C109H186O16P2/c1-4-7-10-13-16-19-22-25-28-31-34-37-40-43-45-47-49-50-51-52-54-56-57-60-62-65-68-71-74-77-80-83-86-89-92-95-107(112)119-98-104(110)99-121-126(115,116)122-100-105(111)101-123-127(117,118)124-103-106(125-109(114)97-94-91-88-85-82-79-76-73-70-67-64-59-42-39-36-33-30-27-24-21-18-15-12-9-6-3)102-120-108(113)96-93-90-87-84-81-78-75-72-69-66-63-61-58-55-53-48-46-44-41-38-35-32-29-26-23-20-17-14-11-8-5-2/h7-8,10-11,16-21,25-30,34-39,43-46,49-50,59,64,104-106,110-111H,4-6,9,12-15,22-24,31-33,40-42,47-48,51-58,60-63,65-103H2,1-3H3,(H,115,116)(H,117,118)/b10-7-,11-8-,19-16-,20-17-,21-18-,28-25-,29-26-,30-27-,37-34-,38-35-,39-36-,45-43-,46-44-,50-49-,64-59-. The molecule has 0 spiro atoms. The van der Waals surface area contributed by atoms with E-state index in [0.717, 1.165) is 161 Å². The van der Waals surface area contributed by atoms with E-state index < -0.39 is 91.5 Å². The Bertz CT molecular complexity index is 3040. The highest BCUT2D eigenvalue weighted by molar-refractivity contribution is 7.47. The lowest BCUT2D eigenvalue weighted by Crippen LogP contribution is -2.30. The van der Waals surface area contributed by atoms with Gasteiger partial charge in [-0.15, -0.1) is 0 Å². The number of aliphatic hydroxyl groups excluding tert-OH is 2. The van der Waals surface area contributed by atoms with E-state index in [1.54, 1.807) is 0 Å². The van der Waals surface area contributed by atoms with Crippen molar-refractivity contribution in [2.45, 2.75) is 450 Å². The number of ether oxygens (including phenoxy) is 3. The van der Waals surface area contributed by atoms with Gasteiger partial charge in [-0.25, -0.2) is 9.13 Å². The number of carbonyl (C=O) groups excluding carboxylic acids is 3. The first-order valence-corrected chi connectivity index (χ1v) is 54.1. The summed E-state index contributed by atoms with van der Waals surface area (Å²) in [6.45, 7) is 2.49. The maximum Gasteiger partial charge on any atom is 0.472 e. The third kappa shape index (κ3) is 101. The molecule has 0 aromatic carbocycles. The van der Waals surface area contributed by atoms with Crippen molar-refractivity contribution in [1.82, 2.24) is 0 Å². The maximum absolute atomic E-state index is 13.1. The Balaban J connectivity index is 4.58. The molecule has 4 N–H and O–H groups in total. The topological polar surface area (TPSA) is 231 Å². The molecule has 0 amide bonds. The van der Waals surface area contributed by atoms with Gasteiger partial charge in [0.2, 0.25) is 0 Å². The minimum absolute atomic E-state index is 0.0947. The fraction of sp³-hybridized carbons (Fsp3) is 0.697. The number of phosphoric acid groups is 2. The minimum Gasteiger partial charge on any atom is -0.463 e. The van der Waals surface area contributed by atoms with Crippen LogP contribution < -0.4 is 0 Å². The largest absolute Gasteiger partial charge is 0.472 e. The minimum atomic E-state index is -4.95. The van der Waals surface area contributed by atoms with E-state index in [-0.39, 0.29) is 19.3 Å². The number of allylic oxidation sites excluding steroid dienone is 30. The molecule has 5 unspecified atom stereocenters. The summed E-state index contributed by atoms with van der Waals surface area (Å²) in [6.07, 6.45) is 132. The molecule has 0 fully saturated rings. The molecule has 0 aromatic heterocycles. The van der Waals surface area contributed by atoms with Gasteiger partial charge in [0.05, 0.1) is 26.4 Å². The number of esters is 3. The first-order valence-electron chi connectivity index (χ1n) is 51.1. The zero-order valence-corrected chi connectivity index (χ0v) is 82.4. The zero-order valence-electron chi connectivity index (χ0n) is 80.6. The van der Waals surface area contributed by atoms with Gasteiger partial charge >= 0.3 is 33.6 Å². The summed E-state index contributed by atoms with van der Waals surface area (Å²) >= 11 is 0. The molecule has 0 rings (SSSR count). The SMILES string of the molecule is CC/C=C\C/C=C\C/C=C\C/C=C\C/C=C\C/C=C\CCCCCCCCCCCCCCCCCCC(=O)OCC(O)COP(=O)(O)OCC(O)COP(=O)(O)OCC(COC(=O)CCCCCCCCCCCCCCCCC/C=C\C/C=C\C/C=C\C/C=C\C/C=C\CC)OC(=O)CCCCCCCCCCC/C=C\C/C=C\C/C=C\C/C=C\CCCCC. The number of hydrogen-bond donors (Lipinski definition) is 4. The first-order chi connectivity index (χ1) is 62.2. The molecule has 0 aliphatic heterocycles. The number of phosphoric ester groups is 2. The molecular formula is C109H186O16P2. The molecule has 0 radical (unpaired) electrons. The van der Waals surface area contributed by atoms with Gasteiger partial charge in [-0.1, -0.05) is 434 Å². The number of hydrogen-bond acceptors (Lipinski definition) is 14. The Morgan fingerprint density at radius 2 is 0.417 bits per heavy atom. The second kappa shape index (κ2) is 99.7. The fourth-order valence-corrected chi connectivity index (χ4v) is 15.5. The van der Waals surface area contributed by atoms with Gasteiger partial charge in [0.15, 0.2) is 6.10 Å². The third-order valence-electron chi connectivity index (χ3n) is 21.6. The molecule has 0 heterocycles. The van der Waals surface area contributed by atoms with Crippen molar-refractivity contribution < 1.29 is 75.8 Å². The van der Waals surface area contributed by atoms with Crippen LogP contribution in [0, 0.1) is 0 Å². The van der Waals surface area contributed by atoms with Crippen molar-refractivity contribution in [2.75, 3.05) is 39.6 Å². The first kappa shape index (κ1) is 122. The number of aliphatic hydroxyl groups is 2. The van der Waals surface area contributed by atoms with Crippen LogP contribution in [0.25, 0.3) is 0 Å². The molecule has 18 heteroatoms. The van der Waals surface area contributed by atoms with Gasteiger partial charge in [0, 0.05) is 19.3 Å². The summed E-state index contributed by atoms with van der Waals surface area (Å²) in [5.74, 6) is -1.57. The second-order valence-corrected chi connectivity index (χ2v) is 36.8. The molecule has 0 aliphatic carbocycles. The molecular weight excluding hydrogens is 1630 g/mol. The van der Waals surface area contributed by atoms with Gasteiger partial charge < -0.3 is 34.2 Å². The van der Waals surface area contributed by atoms with Crippen molar-refractivity contribution in [3.63, 3.8) is 0 Å². The van der Waals surface area contributed by atoms with Crippen LogP contribution >= 0.6 is 15.6 Å². The van der Waals surface area contributed by atoms with Gasteiger partial charge in [0.1, 0.15) is 25.4 Å². The Morgan fingerprint density at radius 1 is 0.228 bits per heavy atom. The molecule has 0 bridgehead atoms. The van der Waals surface area contributed by atoms with E-state index in [9.17, 15) is 43.5 Å². The average molecular weight is 1810 g/mol. The molecule has 0 saturated carbocycles. The van der Waals surface area contributed by atoms with Crippen LogP contribution in [0.4, 0.5) is 0 Å². The normalized spacial score (nSPS) is 14.4. The lowest BCUT2D eigenvalue weighted by molar-refractivity contribution is -0.161. The molecule has 16 nitrogen and oxygen atoms in total. The highest BCUT2D eigenvalue weighted by Crippen LogP contribution is 2.45. The smallest absolute Gasteiger partial charge is 0.463 e. The van der Waals surface area contributed by atoms with E-state index in [1.807, 2.05) is 0 Å². The third-order valence-corrected chi connectivity index (χ3v) is 23.5. The summed E-state index contributed by atoms with van der Waals surface area (Å²) in [5, 5.41) is 20.8. The molecule has 0 aromatic rings. The van der Waals surface area contributed by atoms with Crippen molar-refractivity contribution in [3.8, 4) is 0 Å². The van der Waals surface area contributed by atoms with E-state index in [2.05, 4.69) is 203 Å². The Labute approximate surface area is 776 Å². The van der Waals surface area contributed by atoms with Gasteiger partial charge in [-0.2, -0.15) is 0 Å². The highest BCUT2D eigenvalue weighted by atomic mass is 31.2. The molecule has 0 saturated heterocycles. The second-order valence-electron chi connectivity index (χ2n) is 33.9. The summed E-state index contributed by atoms with van der Waals surface area (Å²) in [5.41, 5.74) is 0. The lowest BCUT2D eigenvalue weighted by Gasteiger charge is -2.21. The number of unbranched alkanes of at least 4 members (excludes halogenated alkanes) is 43. The van der Waals surface area contributed by atoms with Crippen molar-refractivity contribution >= 4 is 33.6 Å². The van der Waals surface area contributed by atoms with Crippen molar-refractivity contribution in [1.29, 1.82) is 0 Å². The van der Waals surface area contributed by atoms with Crippen LogP contribution in [0.2, 0.25) is 0 Å². The van der Waals surface area contributed by atoms with Crippen LogP contribution in [0.3, 0.4) is 0 Å². The quantitative estimate of drug-likeness (QED) is 0.0146. The lowest BCUT2D eigenvalue weighted by atomic mass is 10.0. The van der Waals surface area contributed by atoms with Crippen LogP contribution in [0.5, 0.6) is 0 Å². The van der Waals surface area contributed by atoms with E-state index in [1.165, 1.54) is 212 Å². The Morgan fingerprint density at radius 3 is 0.661 bits per heavy atom. The number of rotatable bonds is 96. The summed E-state index contributed by atoms with van der Waals surface area (Å²) < 4.78 is 61.7. The summed E-state index contributed by atoms with van der Waals surface area (Å²) in [7, 11) is -9.82. The van der Waals surface area contributed by atoms with Crippen LogP contribution in [0.1, 0.15) is 432 Å². The molecule has 127 heavy (non-hydrogen) atoms. The van der Waals surface area contributed by atoms with Gasteiger partial charge in [0.25, 0.3) is 0 Å². The Kier molecular flexibility index (Phi) is 95.5. The van der Waals surface area contributed by atoms with Crippen LogP contribution in [-0.4, -0.2) is 95.9 Å². The van der Waals surface area contributed by atoms with E-state index in [4.69, 9.17) is 32.3 Å². The summed E-state index contributed by atoms with van der Waals surface area (Å²) in [6, 6.07) is 0. The average Bonchev–Trinajstić information content (AvgIpc) is 0.899. The Hall–Kier alpha value is -5.35. The zero-order chi connectivity index (χ0) is 92.1. The highest BCUT2D eigenvalue weighted by Gasteiger charge is 2.30. The van der Waals surface area contributed by atoms with Gasteiger partial charge in [-0.3, -0.25) is 32.5 Å². The monoisotopic (exact) mass is 1810 g/mol. The fourth-order valence-electron chi connectivity index (χ4n) is 13.9. The van der Waals surface area contributed by atoms with E-state index in [0.29, 0.717) is 19.3 Å². The van der Waals surface area contributed by atoms with Gasteiger partial charge in [-0.05, 0) is 161 Å². The predicted molar refractivity (Wildman–Crippen MR) is 537 cm³/mol. The summed E-state index contributed by atoms with van der Waals surface area (Å²) in [4.78, 5) is 59.2. The maximum atomic E-state index is 13.1. The molecule has 728 valence electrons. The molecule has 0 aliphatic rings. The van der Waals surface area contributed by atoms with Crippen molar-refractivity contribution in [2.24, 2.45) is 0 Å². The predicted octanol–water partition coefficient (Wildman–Crippen LogP) is 32.3. The van der Waals surface area contributed by atoms with Crippen LogP contribution in [-0.2, 0) is 55.8 Å². The number of carbonyl (C=O) groups is 3. The van der Waals surface area contributed by atoms with Crippen LogP contribution in [0.15, 0.2) is 182 Å². The molecule has 5 atom stereocenters. The van der Waals surface area contributed by atoms with Crippen molar-refractivity contribution in [3.05, 3.63) is 182 Å². The van der Waals surface area contributed by atoms with E-state index >= 15 is 0 Å².